The largest absolute Gasteiger partial charge is 0.529 e. The van der Waals surface area contributed by atoms with Crippen LogP contribution < -0.4 is 10.9 Å². The lowest BCUT2D eigenvalue weighted by molar-refractivity contribution is 0.0636. The fourth-order valence-electron chi connectivity index (χ4n) is 1.50. The fraction of sp³-hybridized carbons (Fsp3) is 0.600. The Morgan fingerprint density at radius 2 is 2.05 bits per heavy atom. The minimum absolute atomic E-state index is 0.0621. The Morgan fingerprint density at radius 1 is 1.47 bits per heavy atom. The molecule has 0 fully saturated rings. The Hall–Kier alpha value is -1.67. The van der Waals surface area contributed by atoms with Crippen molar-refractivity contribution in [2.24, 2.45) is 0 Å². The van der Waals surface area contributed by atoms with Gasteiger partial charge in [0.15, 0.2) is 0 Å². The number of halogens is 3. The zero-order valence-corrected chi connectivity index (χ0v) is 11.2. The number of nitrogens with one attached hydrogen (secondary N) is 1. The minimum atomic E-state index is -5.27. The number of ether oxygens (including phenoxy) is 1. The maximum Gasteiger partial charge on any atom is 0.529 e. The lowest BCUT2D eigenvalue weighted by Crippen LogP contribution is -2.42. The van der Waals surface area contributed by atoms with Gasteiger partial charge in [-0.15, -0.1) is 0 Å². The van der Waals surface area contributed by atoms with Crippen LogP contribution in [0.5, 0.6) is 0 Å². The number of hydrogen-bond acceptors (Lipinski definition) is 3. The molecular weight excluding hydrogens is 262 g/mol. The van der Waals surface area contributed by atoms with Crippen LogP contribution in [0.3, 0.4) is 0 Å². The predicted octanol–water partition coefficient (Wildman–Crippen LogP) is 2.30. The predicted molar refractivity (Wildman–Crippen MR) is 66.5 cm³/mol. The van der Waals surface area contributed by atoms with Crippen molar-refractivity contribution in [1.82, 2.24) is 9.78 Å². The number of carbonyl (C=O) groups excluding carboxylic acids is 1. The van der Waals surface area contributed by atoms with Crippen LogP contribution in [0.2, 0.25) is 0 Å². The average molecular weight is 278 g/mol. The van der Waals surface area contributed by atoms with Crippen LogP contribution >= 0.6 is 0 Å². The molecule has 1 aromatic heterocycles. The molecule has 0 aromatic carbocycles. The van der Waals surface area contributed by atoms with Gasteiger partial charge in [-0.1, -0.05) is 0 Å². The molecule has 5 nitrogen and oxygen atoms in total. The summed E-state index contributed by atoms with van der Waals surface area (Å²) in [5.74, 6) is 0. The number of rotatable bonds is 3. The van der Waals surface area contributed by atoms with Crippen molar-refractivity contribution in [3.63, 3.8) is 0 Å². The van der Waals surface area contributed by atoms with E-state index in [0.717, 1.165) is 10.9 Å². The van der Waals surface area contributed by atoms with Crippen LogP contribution in [-0.4, -0.2) is 28.5 Å². The molecule has 1 heterocycles. The highest BCUT2D eigenvalue weighted by Crippen LogP contribution is 2.17. The number of aromatic nitrogens is 2. The number of hydrogen-bond donors (Lipinski definition) is 1. The third kappa shape index (κ3) is 4.18. The van der Waals surface area contributed by atoms with Crippen molar-refractivity contribution in [3.05, 3.63) is 6.20 Å². The van der Waals surface area contributed by atoms with Crippen LogP contribution in [0.1, 0.15) is 27.7 Å². The normalized spacial score (nSPS) is 12.4. The summed E-state index contributed by atoms with van der Waals surface area (Å²) < 4.78 is 44.5. The first-order chi connectivity index (χ1) is 8.54. The Bertz CT molecular complexity index is 466. The van der Waals surface area contributed by atoms with Crippen molar-refractivity contribution < 1.29 is 22.5 Å². The van der Waals surface area contributed by atoms with Gasteiger partial charge in [0.25, 0.3) is 0 Å². The summed E-state index contributed by atoms with van der Waals surface area (Å²) in [5, 5.41) is 5.67. The number of nitrogens with zero attached hydrogens (tertiary/aromatic N) is 2. The van der Waals surface area contributed by atoms with Crippen molar-refractivity contribution >= 4 is 24.4 Å². The van der Waals surface area contributed by atoms with Crippen LogP contribution in [0.4, 0.5) is 23.4 Å². The number of anilines is 1. The summed E-state index contributed by atoms with van der Waals surface area (Å²) in [6.07, 6.45) is 0.0299. The summed E-state index contributed by atoms with van der Waals surface area (Å²) in [6, 6.07) is 0. The molecule has 1 rings (SSSR count). The maximum absolute atomic E-state index is 12.9. The highest BCUT2D eigenvalue weighted by atomic mass is 19.4. The lowest BCUT2D eigenvalue weighted by Gasteiger charge is -2.22. The summed E-state index contributed by atoms with van der Waals surface area (Å²) in [7, 11) is 0. The Kier molecular flexibility index (Phi) is 4.16. The molecule has 0 saturated heterocycles. The molecule has 0 aliphatic rings. The third-order valence-corrected chi connectivity index (χ3v) is 2.13. The Morgan fingerprint density at radius 3 is 2.47 bits per heavy atom. The van der Waals surface area contributed by atoms with E-state index < -0.39 is 24.3 Å². The molecule has 0 aliphatic heterocycles. The molecule has 0 aliphatic carbocycles. The third-order valence-electron chi connectivity index (χ3n) is 2.13. The molecule has 9 heteroatoms. The van der Waals surface area contributed by atoms with Gasteiger partial charge >= 0.3 is 13.1 Å². The SMILES string of the molecule is CCn1ncc(NC(=O)OC(C)(C)C)c1[B-](F)(F)F. The van der Waals surface area contributed by atoms with Crippen LogP contribution in [0.25, 0.3) is 0 Å². The van der Waals surface area contributed by atoms with Gasteiger partial charge in [-0.25, -0.2) is 4.79 Å². The summed E-state index contributed by atoms with van der Waals surface area (Å²) in [4.78, 5) is 11.5. The molecule has 19 heavy (non-hydrogen) atoms. The standard InChI is InChI=1S/C10H16BF3N3O2/c1-5-17-8(11(12,13)14)7(6-15-17)16-9(18)19-10(2,3)4/h6H,5H2,1-4H3,(H,16,18)/q-1. The molecule has 0 unspecified atom stereocenters. The van der Waals surface area contributed by atoms with Gasteiger partial charge in [0, 0.05) is 12.1 Å². The summed E-state index contributed by atoms with van der Waals surface area (Å²) in [6.45, 7) is 1.20. The van der Waals surface area contributed by atoms with Gasteiger partial charge in [0.05, 0.1) is 11.9 Å². The summed E-state index contributed by atoms with van der Waals surface area (Å²) >= 11 is 0. The van der Waals surface area contributed by atoms with E-state index in [1.165, 1.54) is 6.92 Å². The first-order valence-electron chi connectivity index (χ1n) is 5.80. The van der Waals surface area contributed by atoms with Crippen molar-refractivity contribution in [1.29, 1.82) is 0 Å². The van der Waals surface area contributed by atoms with Gasteiger partial charge in [-0.05, 0) is 27.7 Å². The fourth-order valence-corrected chi connectivity index (χ4v) is 1.50. The lowest BCUT2D eigenvalue weighted by atomic mass is 9.84. The molecule has 0 saturated carbocycles. The molecule has 1 aromatic rings. The van der Waals surface area contributed by atoms with E-state index in [2.05, 4.69) is 10.4 Å². The van der Waals surface area contributed by atoms with Gasteiger partial charge in [-0.3, -0.25) is 10.00 Å². The Balaban J connectivity index is 2.97. The van der Waals surface area contributed by atoms with Crippen LogP contribution in [-0.2, 0) is 11.3 Å². The summed E-state index contributed by atoms with van der Waals surface area (Å²) in [5.41, 5.74) is -2.11. The topological polar surface area (TPSA) is 56.2 Å². The average Bonchev–Trinajstić information content (AvgIpc) is 2.56. The van der Waals surface area contributed by atoms with E-state index in [1.807, 2.05) is 0 Å². The number of amides is 1. The zero-order valence-electron chi connectivity index (χ0n) is 11.2. The Labute approximate surface area is 109 Å². The molecule has 1 amide bonds. The van der Waals surface area contributed by atoms with E-state index in [1.54, 1.807) is 20.8 Å². The number of carbonyl (C=O) groups is 1. The molecule has 0 radical (unpaired) electrons. The quantitative estimate of drug-likeness (QED) is 0.863. The van der Waals surface area contributed by atoms with Gasteiger partial charge in [0.2, 0.25) is 0 Å². The second-order valence-corrected chi connectivity index (χ2v) is 4.96. The van der Waals surface area contributed by atoms with Gasteiger partial charge < -0.3 is 17.7 Å². The van der Waals surface area contributed by atoms with Crippen molar-refractivity contribution in [2.75, 3.05) is 5.32 Å². The first kappa shape index (κ1) is 15.4. The molecule has 1 N–H and O–H groups in total. The monoisotopic (exact) mass is 278 g/mol. The zero-order chi connectivity index (χ0) is 14.8. The highest BCUT2D eigenvalue weighted by molar-refractivity contribution is 6.74. The molecular formula is C10H16BF3N3O2-. The molecule has 0 bridgehead atoms. The van der Waals surface area contributed by atoms with E-state index in [-0.39, 0.29) is 12.2 Å². The van der Waals surface area contributed by atoms with Gasteiger partial charge in [0.1, 0.15) is 5.60 Å². The highest BCUT2D eigenvalue weighted by Gasteiger charge is 2.34. The minimum Gasteiger partial charge on any atom is -0.444 e. The molecule has 0 spiro atoms. The first-order valence-corrected chi connectivity index (χ1v) is 5.80. The van der Waals surface area contributed by atoms with E-state index in [4.69, 9.17) is 4.74 Å². The second-order valence-electron chi connectivity index (χ2n) is 4.96. The maximum atomic E-state index is 12.9. The number of aryl methyl sites for hydroxylation is 1. The molecule has 0 atom stereocenters. The van der Waals surface area contributed by atoms with Crippen LogP contribution in [0, 0.1) is 0 Å². The molecule has 108 valence electrons. The van der Waals surface area contributed by atoms with E-state index in [9.17, 15) is 17.7 Å². The van der Waals surface area contributed by atoms with Crippen molar-refractivity contribution in [3.8, 4) is 0 Å². The second kappa shape index (κ2) is 5.14. The van der Waals surface area contributed by atoms with E-state index >= 15 is 0 Å². The van der Waals surface area contributed by atoms with Gasteiger partial charge in [-0.2, -0.15) is 5.10 Å². The smallest absolute Gasteiger partial charge is 0.444 e. The van der Waals surface area contributed by atoms with Crippen LogP contribution in [0.15, 0.2) is 6.20 Å². The van der Waals surface area contributed by atoms with Crippen molar-refractivity contribution in [2.45, 2.75) is 39.8 Å². The van der Waals surface area contributed by atoms with E-state index in [0.29, 0.717) is 0 Å².